The van der Waals surface area contributed by atoms with Crippen molar-refractivity contribution in [3.05, 3.63) is 16.6 Å². The van der Waals surface area contributed by atoms with Crippen LogP contribution in [0.5, 0.6) is 0 Å². The van der Waals surface area contributed by atoms with E-state index in [0.29, 0.717) is 19.3 Å². The molecule has 110 valence electrons. The van der Waals surface area contributed by atoms with Crippen molar-refractivity contribution >= 4 is 23.2 Å². The first kappa shape index (κ1) is 15.0. The van der Waals surface area contributed by atoms with Gasteiger partial charge in [0, 0.05) is 18.0 Å². The SMILES string of the molecule is CCC(C)(NC(=O)CC1(C(=O)O)CCC1)c1nccs1. The van der Waals surface area contributed by atoms with Gasteiger partial charge in [0.15, 0.2) is 0 Å². The number of amides is 1. The van der Waals surface area contributed by atoms with Crippen LogP contribution in [-0.2, 0) is 15.1 Å². The van der Waals surface area contributed by atoms with E-state index in [9.17, 15) is 14.7 Å². The summed E-state index contributed by atoms with van der Waals surface area (Å²) in [7, 11) is 0. The Morgan fingerprint density at radius 2 is 2.25 bits per heavy atom. The predicted molar refractivity (Wildman–Crippen MR) is 76.4 cm³/mol. The molecule has 1 aromatic heterocycles. The lowest BCUT2D eigenvalue weighted by atomic mass is 9.66. The normalized spacial score (nSPS) is 19.7. The third-order valence-electron chi connectivity index (χ3n) is 4.29. The molecule has 1 saturated carbocycles. The highest BCUT2D eigenvalue weighted by Crippen LogP contribution is 2.44. The van der Waals surface area contributed by atoms with E-state index in [1.807, 2.05) is 19.2 Å². The molecule has 20 heavy (non-hydrogen) atoms. The van der Waals surface area contributed by atoms with Crippen LogP contribution in [0, 0.1) is 5.41 Å². The van der Waals surface area contributed by atoms with Crippen LogP contribution in [0.15, 0.2) is 11.6 Å². The number of aromatic nitrogens is 1. The van der Waals surface area contributed by atoms with E-state index in [4.69, 9.17) is 0 Å². The Labute approximate surface area is 122 Å². The van der Waals surface area contributed by atoms with Gasteiger partial charge in [0.1, 0.15) is 5.01 Å². The van der Waals surface area contributed by atoms with E-state index in [-0.39, 0.29) is 12.3 Å². The van der Waals surface area contributed by atoms with Gasteiger partial charge < -0.3 is 10.4 Å². The number of carbonyl (C=O) groups is 2. The first-order valence-electron chi connectivity index (χ1n) is 6.86. The number of carbonyl (C=O) groups excluding carboxylic acids is 1. The fraction of sp³-hybridized carbons (Fsp3) is 0.643. The number of carboxylic acids is 1. The number of hydrogen-bond donors (Lipinski definition) is 2. The van der Waals surface area contributed by atoms with Crippen LogP contribution in [0.1, 0.15) is 51.0 Å². The van der Waals surface area contributed by atoms with Crippen LogP contribution in [0.2, 0.25) is 0 Å². The summed E-state index contributed by atoms with van der Waals surface area (Å²) >= 11 is 1.50. The Hall–Kier alpha value is -1.43. The summed E-state index contributed by atoms with van der Waals surface area (Å²) in [6.07, 6.45) is 4.56. The Balaban J connectivity index is 2.05. The lowest BCUT2D eigenvalue weighted by molar-refractivity contribution is -0.158. The van der Waals surface area contributed by atoms with Crippen LogP contribution < -0.4 is 5.32 Å². The summed E-state index contributed by atoms with van der Waals surface area (Å²) in [4.78, 5) is 27.8. The molecule has 0 radical (unpaired) electrons. The van der Waals surface area contributed by atoms with Gasteiger partial charge in [0.05, 0.1) is 11.0 Å². The molecular weight excluding hydrogens is 276 g/mol. The minimum Gasteiger partial charge on any atom is -0.481 e. The average molecular weight is 296 g/mol. The molecule has 6 heteroatoms. The van der Waals surface area contributed by atoms with Crippen molar-refractivity contribution in [2.24, 2.45) is 5.41 Å². The number of aliphatic carboxylic acids is 1. The molecule has 1 aliphatic carbocycles. The Morgan fingerprint density at radius 3 is 2.65 bits per heavy atom. The maximum atomic E-state index is 12.2. The van der Waals surface area contributed by atoms with E-state index < -0.39 is 16.9 Å². The fourth-order valence-corrected chi connectivity index (χ4v) is 3.35. The zero-order chi connectivity index (χ0) is 14.8. The second kappa shape index (κ2) is 5.52. The van der Waals surface area contributed by atoms with Crippen LogP contribution in [0.4, 0.5) is 0 Å². The van der Waals surface area contributed by atoms with Crippen molar-refractivity contribution in [2.75, 3.05) is 0 Å². The van der Waals surface area contributed by atoms with Crippen LogP contribution >= 0.6 is 11.3 Å². The number of thiazole rings is 1. The molecule has 1 atom stereocenters. The highest BCUT2D eigenvalue weighted by atomic mass is 32.1. The van der Waals surface area contributed by atoms with E-state index in [1.54, 1.807) is 6.20 Å². The minimum absolute atomic E-state index is 0.0588. The van der Waals surface area contributed by atoms with Gasteiger partial charge in [-0.15, -0.1) is 11.3 Å². The summed E-state index contributed by atoms with van der Waals surface area (Å²) in [5.74, 6) is -1.06. The fourth-order valence-electron chi connectivity index (χ4n) is 2.52. The molecule has 0 bridgehead atoms. The molecule has 2 N–H and O–H groups in total. The number of hydrogen-bond acceptors (Lipinski definition) is 4. The Bertz CT molecular complexity index is 497. The van der Waals surface area contributed by atoms with Gasteiger partial charge >= 0.3 is 5.97 Å². The lowest BCUT2D eigenvalue weighted by Crippen LogP contribution is -2.48. The topological polar surface area (TPSA) is 79.3 Å². The summed E-state index contributed by atoms with van der Waals surface area (Å²) in [5, 5.41) is 15.0. The van der Waals surface area contributed by atoms with Gasteiger partial charge in [0.2, 0.25) is 5.91 Å². The average Bonchev–Trinajstić information content (AvgIpc) is 2.87. The Morgan fingerprint density at radius 1 is 1.55 bits per heavy atom. The molecule has 2 rings (SSSR count). The maximum absolute atomic E-state index is 12.2. The summed E-state index contributed by atoms with van der Waals surface area (Å²) in [6, 6.07) is 0. The summed E-state index contributed by atoms with van der Waals surface area (Å²) in [5.41, 5.74) is -1.36. The molecule has 0 saturated heterocycles. The van der Waals surface area contributed by atoms with Crippen LogP contribution in [0.3, 0.4) is 0 Å². The molecule has 0 aromatic carbocycles. The maximum Gasteiger partial charge on any atom is 0.310 e. The predicted octanol–water partition coefficient (Wildman–Crippen LogP) is 2.53. The van der Waals surface area contributed by atoms with Crippen LogP contribution in [-0.4, -0.2) is 22.0 Å². The lowest BCUT2D eigenvalue weighted by Gasteiger charge is -2.38. The standard InChI is InChI=1S/C14H20N2O3S/c1-3-13(2,11-15-7-8-20-11)16-10(17)9-14(12(18)19)5-4-6-14/h7-8H,3-6,9H2,1-2H3,(H,16,17)(H,18,19). The number of nitrogens with zero attached hydrogens (tertiary/aromatic N) is 1. The highest BCUT2D eigenvalue weighted by Gasteiger charge is 2.46. The van der Waals surface area contributed by atoms with Crippen molar-refractivity contribution in [2.45, 2.75) is 51.5 Å². The van der Waals surface area contributed by atoms with Gasteiger partial charge in [-0.3, -0.25) is 9.59 Å². The zero-order valence-electron chi connectivity index (χ0n) is 11.8. The molecule has 1 heterocycles. The zero-order valence-corrected chi connectivity index (χ0v) is 12.6. The number of nitrogens with one attached hydrogen (secondary N) is 1. The van der Waals surface area contributed by atoms with Gasteiger partial charge in [-0.2, -0.15) is 0 Å². The number of rotatable bonds is 6. The largest absolute Gasteiger partial charge is 0.481 e. The molecular formula is C14H20N2O3S. The second-order valence-electron chi connectivity index (χ2n) is 5.69. The minimum atomic E-state index is -0.855. The molecule has 5 nitrogen and oxygen atoms in total. The molecule has 1 aliphatic rings. The highest BCUT2D eigenvalue weighted by molar-refractivity contribution is 7.09. The summed E-state index contributed by atoms with van der Waals surface area (Å²) in [6.45, 7) is 3.91. The van der Waals surface area contributed by atoms with E-state index in [1.165, 1.54) is 11.3 Å². The summed E-state index contributed by atoms with van der Waals surface area (Å²) < 4.78 is 0. The third-order valence-corrected chi connectivity index (χ3v) is 5.33. The van der Waals surface area contributed by atoms with Crippen LogP contribution in [0.25, 0.3) is 0 Å². The first-order valence-corrected chi connectivity index (χ1v) is 7.74. The van der Waals surface area contributed by atoms with Gasteiger partial charge in [-0.25, -0.2) is 4.98 Å². The van der Waals surface area contributed by atoms with E-state index in [0.717, 1.165) is 11.4 Å². The molecule has 1 unspecified atom stereocenters. The van der Waals surface area contributed by atoms with E-state index >= 15 is 0 Å². The van der Waals surface area contributed by atoms with Gasteiger partial charge in [-0.1, -0.05) is 13.3 Å². The molecule has 1 aromatic rings. The van der Waals surface area contributed by atoms with Gasteiger partial charge in [0.25, 0.3) is 0 Å². The van der Waals surface area contributed by atoms with Crippen molar-refractivity contribution in [3.8, 4) is 0 Å². The Kier molecular flexibility index (Phi) is 4.13. The molecule has 0 spiro atoms. The van der Waals surface area contributed by atoms with E-state index in [2.05, 4.69) is 10.3 Å². The molecule has 1 fully saturated rings. The second-order valence-corrected chi connectivity index (χ2v) is 6.58. The monoisotopic (exact) mass is 296 g/mol. The van der Waals surface area contributed by atoms with Crippen molar-refractivity contribution in [1.29, 1.82) is 0 Å². The third kappa shape index (κ3) is 2.70. The van der Waals surface area contributed by atoms with Crippen molar-refractivity contribution in [1.82, 2.24) is 10.3 Å². The quantitative estimate of drug-likeness (QED) is 0.845. The smallest absolute Gasteiger partial charge is 0.310 e. The first-order chi connectivity index (χ1) is 9.42. The molecule has 0 aliphatic heterocycles. The molecule has 1 amide bonds. The van der Waals surface area contributed by atoms with Crippen molar-refractivity contribution in [3.63, 3.8) is 0 Å². The number of carboxylic acid groups (broad SMARTS) is 1. The van der Waals surface area contributed by atoms with Crippen molar-refractivity contribution < 1.29 is 14.7 Å². The van der Waals surface area contributed by atoms with Gasteiger partial charge in [-0.05, 0) is 26.2 Å².